The van der Waals surface area contributed by atoms with Crippen molar-refractivity contribution in [1.29, 1.82) is 0 Å². The third-order valence-electron chi connectivity index (χ3n) is 6.23. The van der Waals surface area contributed by atoms with Gasteiger partial charge < -0.3 is 24.5 Å². The van der Waals surface area contributed by atoms with Gasteiger partial charge in [-0.25, -0.2) is 9.97 Å². The van der Waals surface area contributed by atoms with E-state index >= 15 is 0 Å². The quantitative estimate of drug-likeness (QED) is 0.451. The van der Waals surface area contributed by atoms with Crippen LogP contribution in [0.1, 0.15) is 16.8 Å². The number of carbonyl (C=O) groups is 1. The summed E-state index contributed by atoms with van der Waals surface area (Å²) in [6.07, 6.45) is 2.62. The Morgan fingerprint density at radius 1 is 1.18 bits per heavy atom. The lowest BCUT2D eigenvalue weighted by Gasteiger charge is -2.16. The number of amides is 1. The van der Waals surface area contributed by atoms with Crippen LogP contribution in [0.3, 0.4) is 0 Å². The summed E-state index contributed by atoms with van der Waals surface area (Å²) in [6.45, 7) is 2.10. The number of imidazole rings is 1. The molecule has 0 radical (unpaired) electrons. The van der Waals surface area contributed by atoms with Crippen LogP contribution in [0.15, 0.2) is 54.7 Å². The number of aromatic amines is 1. The van der Waals surface area contributed by atoms with Gasteiger partial charge in [0.05, 0.1) is 30.3 Å². The van der Waals surface area contributed by atoms with E-state index in [4.69, 9.17) is 9.47 Å². The molecule has 3 heterocycles. The van der Waals surface area contributed by atoms with Gasteiger partial charge in [-0.15, -0.1) is 0 Å². The lowest BCUT2D eigenvalue weighted by molar-refractivity contribution is 0.0775. The predicted octanol–water partition coefficient (Wildman–Crippen LogP) is 4.11. The molecule has 4 aromatic rings. The van der Waals surface area contributed by atoms with Crippen LogP contribution in [0.2, 0.25) is 0 Å². The number of methoxy groups -OCH3 is 2. The Morgan fingerprint density at radius 2 is 2.06 bits per heavy atom. The monoisotopic (exact) mass is 458 g/mol. The molecule has 34 heavy (non-hydrogen) atoms. The largest absolute Gasteiger partial charge is 0.507 e. The molecule has 1 amide bonds. The van der Waals surface area contributed by atoms with Crippen LogP contribution in [0.5, 0.6) is 11.6 Å². The third-order valence-corrected chi connectivity index (χ3v) is 6.23. The summed E-state index contributed by atoms with van der Waals surface area (Å²) in [6, 6.07) is 14.5. The van der Waals surface area contributed by atoms with Crippen LogP contribution >= 0.6 is 0 Å². The summed E-state index contributed by atoms with van der Waals surface area (Å²) in [5.41, 5.74) is 4.25. The predicted molar refractivity (Wildman–Crippen MR) is 129 cm³/mol. The number of aromatic nitrogens is 3. The minimum atomic E-state index is -0.00132. The molecule has 2 aromatic carbocycles. The number of phenolic OH excluding ortho intramolecular Hbond substituents is 1. The molecule has 0 bridgehead atoms. The molecule has 1 fully saturated rings. The van der Waals surface area contributed by atoms with Crippen molar-refractivity contribution >= 4 is 16.9 Å². The highest BCUT2D eigenvalue weighted by molar-refractivity contribution is 5.98. The number of pyridine rings is 1. The Hall–Kier alpha value is -3.91. The molecule has 1 saturated heterocycles. The molecular weight excluding hydrogens is 432 g/mol. The molecule has 1 unspecified atom stereocenters. The maximum Gasteiger partial charge on any atom is 0.253 e. The minimum absolute atomic E-state index is 0.00132. The van der Waals surface area contributed by atoms with Crippen LogP contribution in [0.4, 0.5) is 0 Å². The first-order valence-corrected chi connectivity index (χ1v) is 11.2. The van der Waals surface area contributed by atoms with Crippen molar-refractivity contribution in [3.05, 3.63) is 60.3 Å². The molecule has 0 spiro atoms. The summed E-state index contributed by atoms with van der Waals surface area (Å²) in [7, 11) is 3.26. The highest BCUT2D eigenvalue weighted by Gasteiger charge is 2.27. The average molecular weight is 459 g/mol. The van der Waals surface area contributed by atoms with E-state index < -0.39 is 0 Å². The molecular formula is C26H26N4O4. The maximum atomic E-state index is 13.0. The Morgan fingerprint density at radius 3 is 2.88 bits per heavy atom. The molecule has 1 aliphatic rings. The van der Waals surface area contributed by atoms with Crippen LogP contribution in [-0.2, 0) is 4.74 Å². The summed E-state index contributed by atoms with van der Waals surface area (Å²) in [5, 5.41) is 10.6. The number of H-pyrrole nitrogens is 1. The lowest BCUT2D eigenvalue weighted by Crippen LogP contribution is -2.29. The van der Waals surface area contributed by atoms with Gasteiger partial charge in [0, 0.05) is 43.4 Å². The molecule has 0 aliphatic carbocycles. The Labute approximate surface area is 197 Å². The lowest BCUT2D eigenvalue weighted by atomic mass is 10.0. The highest BCUT2D eigenvalue weighted by atomic mass is 16.5. The second-order valence-electron chi connectivity index (χ2n) is 8.47. The smallest absolute Gasteiger partial charge is 0.253 e. The van der Waals surface area contributed by atoms with Crippen molar-refractivity contribution in [2.24, 2.45) is 5.92 Å². The van der Waals surface area contributed by atoms with Gasteiger partial charge in [-0.3, -0.25) is 4.79 Å². The van der Waals surface area contributed by atoms with Crippen molar-refractivity contribution in [3.63, 3.8) is 0 Å². The first-order valence-electron chi connectivity index (χ1n) is 11.2. The maximum absolute atomic E-state index is 13.0. The summed E-state index contributed by atoms with van der Waals surface area (Å²) < 4.78 is 10.6. The first kappa shape index (κ1) is 21.9. The van der Waals surface area contributed by atoms with Crippen LogP contribution in [-0.4, -0.2) is 64.8 Å². The standard InChI is InChI=1S/C26H26N4O4/c1-33-15-16-9-11-30(14-16)26(32)18-5-7-21-22(13-18)29-24(28-21)20-12-17(6-8-23(20)31)19-4-3-10-27-25(19)34-2/h3-8,10,12-13,16,31H,9,11,14-15H2,1-2H3,(H,28,29). The number of hydrogen-bond donors (Lipinski definition) is 2. The van der Waals surface area contributed by atoms with E-state index in [2.05, 4.69) is 15.0 Å². The van der Waals surface area contributed by atoms with Crippen LogP contribution < -0.4 is 4.74 Å². The molecule has 8 nitrogen and oxygen atoms in total. The van der Waals surface area contributed by atoms with E-state index in [1.807, 2.05) is 41.3 Å². The minimum Gasteiger partial charge on any atom is -0.507 e. The second-order valence-corrected chi connectivity index (χ2v) is 8.47. The number of fused-ring (bicyclic) bond motifs is 1. The van der Waals surface area contributed by atoms with Crippen molar-refractivity contribution < 1.29 is 19.4 Å². The van der Waals surface area contributed by atoms with Crippen LogP contribution in [0, 0.1) is 5.92 Å². The van der Waals surface area contributed by atoms with Gasteiger partial charge in [-0.05, 0) is 54.4 Å². The topological polar surface area (TPSA) is 101 Å². The average Bonchev–Trinajstić information content (AvgIpc) is 3.51. The fourth-order valence-corrected chi connectivity index (χ4v) is 4.50. The molecule has 0 saturated carbocycles. The van der Waals surface area contributed by atoms with Gasteiger partial charge in [-0.2, -0.15) is 0 Å². The number of nitrogens with zero attached hydrogens (tertiary/aromatic N) is 3. The normalized spacial score (nSPS) is 15.7. The summed E-state index contributed by atoms with van der Waals surface area (Å²) in [4.78, 5) is 27.1. The van der Waals surface area contributed by atoms with Gasteiger partial charge in [0.15, 0.2) is 0 Å². The van der Waals surface area contributed by atoms with E-state index in [9.17, 15) is 9.90 Å². The van der Waals surface area contributed by atoms with Gasteiger partial charge >= 0.3 is 0 Å². The second kappa shape index (κ2) is 9.15. The number of rotatable bonds is 6. The Kier molecular flexibility index (Phi) is 5.90. The third kappa shape index (κ3) is 4.08. The number of aromatic hydroxyl groups is 1. The number of likely N-dealkylation sites (tertiary alicyclic amines) is 1. The van der Waals surface area contributed by atoms with Gasteiger partial charge in [-0.1, -0.05) is 6.07 Å². The Bertz CT molecular complexity index is 1350. The van der Waals surface area contributed by atoms with E-state index in [1.165, 1.54) is 0 Å². The van der Waals surface area contributed by atoms with Crippen molar-refractivity contribution in [2.45, 2.75) is 6.42 Å². The molecule has 8 heteroatoms. The number of benzene rings is 2. The number of hydrogen-bond acceptors (Lipinski definition) is 6. The zero-order valence-electron chi connectivity index (χ0n) is 19.1. The summed E-state index contributed by atoms with van der Waals surface area (Å²) >= 11 is 0. The number of ether oxygens (including phenoxy) is 2. The van der Waals surface area contributed by atoms with E-state index in [0.717, 1.165) is 29.6 Å². The fraction of sp³-hybridized carbons (Fsp3) is 0.269. The molecule has 1 atom stereocenters. The van der Waals surface area contributed by atoms with Gasteiger partial charge in [0.25, 0.3) is 5.91 Å². The van der Waals surface area contributed by atoms with Gasteiger partial charge in [0.2, 0.25) is 5.88 Å². The van der Waals surface area contributed by atoms with E-state index in [0.29, 0.717) is 47.4 Å². The van der Waals surface area contributed by atoms with Gasteiger partial charge in [0.1, 0.15) is 11.6 Å². The zero-order valence-corrected chi connectivity index (χ0v) is 19.1. The van der Waals surface area contributed by atoms with Crippen molar-refractivity contribution in [3.8, 4) is 34.1 Å². The van der Waals surface area contributed by atoms with Crippen molar-refractivity contribution in [1.82, 2.24) is 19.9 Å². The molecule has 1 aliphatic heterocycles. The molecule has 174 valence electrons. The van der Waals surface area contributed by atoms with Crippen molar-refractivity contribution in [2.75, 3.05) is 33.9 Å². The molecule has 2 N–H and O–H groups in total. The molecule has 5 rings (SSSR count). The number of carbonyl (C=O) groups excluding carboxylic acids is 1. The van der Waals surface area contributed by atoms with E-state index in [1.54, 1.807) is 32.5 Å². The molecule has 2 aromatic heterocycles. The van der Waals surface area contributed by atoms with E-state index in [-0.39, 0.29) is 11.7 Å². The zero-order chi connectivity index (χ0) is 23.7. The summed E-state index contributed by atoms with van der Waals surface area (Å²) in [5.74, 6) is 1.50. The Balaban J connectivity index is 1.46. The number of nitrogens with one attached hydrogen (secondary N) is 1. The SMILES string of the molecule is COCC1CCN(C(=O)c2ccc3[nH]c(-c4cc(-c5cccnc5OC)ccc4O)nc3c2)C1. The fourth-order valence-electron chi connectivity index (χ4n) is 4.50. The first-order chi connectivity index (χ1) is 16.6. The number of phenols is 1. The van der Waals surface area contributed by atoms with Crippen LogP contribution in [0.25, 0.3) is 33.5 Å². The highest BCUT2D eigenvalue weighted by Crippen LogP contribution is 2.35.